The molecule has 0 radical (unpaired) electrons. The van der Waals surface area contributed by atoms with Crippen LogP contribution < -0.4 is 5.73 Å². The van der Waals surface area contributed by atoms with E-state index in [1.807, 2.05) is 19.2 Å². The van der Waals surface area contributed by atoms with Crippen LogP contribution in [0.25, 0.3) is 5.69 Å². The lowest BCUT2D eigenvalue weighted by atomic mass is 10.1. The summed E-state index contributed by atoms with van der Waals surface area (Å²) in [6.07, 6.45) is 1.87. The van der Waals surface area contributed by atoms with Crippen LogP contribution in [0.2, 0.25) is 0 Å². The molecule has 0 saturated carbocycles. The number of aryl methyl sites for hydroxylation is 2. The van der Waals surface area contributed by atoms with Crippen molar-refractivity contribution in [1.29, 1.82) is 0 Å². The molecule has 1 atom stereocenters. The van der Waals surface area contributed by atoms with E-state index in [1.165, 1.54) is 11.1 Å². The van der Waals surface area contributed by atoms with Crippen molar-refractivity contribution in [3.8, 4) is 5.69 Å². The summed E-state index contributed by atoms with van der Waals surface area (Å²) in [7, 11) is 0. The summed E-state index contributed by atoms with van der Waals surface area (Å²) in [5, 5.41) is 8.10. The Hall–Kier alpha value is -1.68. The summed E-state index contributed by atoms with van der Waals surface area (Å²) in [4.78, 5) is 0. The summed E-state index contributed by atoms with van der Waals surface area (Å²) in [5.74, 6) is 0. The third-order valence-corrected chi connectivity index (χ3v) is 2.73. The van der Waals surface area contributed by atoms with E-state index in [-0.39, 0.29) is 6.04 Å². The van der Waals surface area contributed by atoms with Crippen LogP contribution in [-0.4, -0.2) is 15.0 Å². The lowest BCUT2D eigenvalue weighted by Crippen LogP contribution is -2.04. The topological polar surface area (TPSA) is 56.7 Å². The minimum Gasteiger partial charge on any atom is -0.323 e. The van der Waals surface area contributed by atoms with Crippen LogP contribution in [0.3, 0.4) is 0 Å². The van der Waals surface area contributed by atoms with Gasteiger partial charge in [0.15, 0.2) is 0 Å². The maximum atomic E-state index is 5.74. The summed E-state index contributed by atoms with van der Waals surface area (Å²) in [6.45, 7) is 6.07. The van der Waals surface area contributed by atoms with E-state index in [1.54, 1.807) is 4.68 Å². The fraction of sp³-hybridized carbons (Fsp3) is 0.333. The quantitative estimate of drug-likeness (QED) is 0.834. The molecule has 0 aliphatic rings. The molecule has 2 aromatic rings. The van der Waals surface area contributed by atoms with Crippen LogP contribution in [0.5, 0.6) is 0 Å². The Morgan fingerprint density at radius 3 is 2.56 bits per heavy atom. The van der Waals surface area contributed by atoms with Crippen molar-refractivity contribution in [2.75, 3.05) is 0 Å². The van der Waals surface area contributed by atoms with Crippen LogP contribution in [0.4, 0.5) is 0 Å². The monoisotopic (exact) mass is 216 g/mol. The molecule has 0 bridgehead atoms. The SMILES string of the molecule is Cc1ccc(-n2cc(C(C)N)nn2)cc1C. The Morgan fingerprint density at radius 2 is 2.00 bits per heavy atom. The molecule has 4 nitrogen and oxygen atoms in total. The van der Waals surface area contributed by atoms with Gasteiger partial charge in [-0.1, -0.05) is 11.3 Å². The highest BCUT2D eigenvalue weighted by Crippen LogP contribution is 2.14. The van der Waals surface area contributed by atoms with E-state index < -0.39 is 0 Å². The normalized spacial score (nSPS) is 12.8. The minimum atomic E-state index is -0.0831. The van der Waals surface area contributed by atoms with Gasteiger partial charge in [-0.2, -0.15) is 0 Å². The zero-order valence-electron chi connectivity index (χ0n) is 9.81. The number of hydrogen-bond donors (Lipinski definition) is 1. The summed E-state index contributed by atoms with van der Waals surface area (Å²) in [5.41, 5.74) is 10.1. The molecule has 1 heterocycles. The van der Waals surface area contributed by atoms with Crippen LogP contribution in [0, 0.1) is 13.8 Å². The fourth-order valence-electron chi connectivity index (χ4n) is 1.48. The summed E-state index contributed by atoms with van der Waals surface area (Å²) >= 11 is 0. The van der Waals surface area contributed by atoms with E-state index in [9.17, 15) is 0 Å². The average molecular weight is 216 g/mol. The molecule has 0 aliphatic heterocycles. The Labute approximate surface area is 95.1 Å². The Kier molecular flexibility index (Phi) is 2.75. The molecule has 2 rings (SSSR count). The molecule has 0 fully saturated rings. The maximum absolute atomic E-state index is 5.74. The second-order valence-electron chi connectivity index (χ2n) is 4.15. The molecule has 0 spiro atoms. The van der Waals surface area contributed by atoms with Crippen molar-refractivity contribution in [2.24, 2.45) is 5.73 Å². The molecular weight excluding hydrogens is 200 g/mol. The van der Waals surface area contributed by atoms with Crippen molar-refractivity contribution >= 4 is 0 Å². The van der Waals surface area contributed by atoms with Crippen molar-refractivity contribution in [3.05, 3.63) is 41.2 Å². The number of nitrogens with two attached hydrogens (primary N) is 1. The predicted molar refractivity (Wildman–Crippen MR) is 63.4 cm³/mol. The molecule has 1 aromatic heterocycles. The van der Waals surface area contributed by atoms with Crippen molar-refractivity contribution in [1.82, 2.24) is 15.0 Å². The molecule has 4 heteroatoms. The van der Waals surface area contributed by atoms with Crippen molar-refractivity contribution in [3.63, 3.8) is 0 Å². The first kappa shape index (κ1) is 10.8. The van der Waals surface area contributed by atoms with Gasteiger partial charge in [0.05, 0.1) is 17.6 Å². The van der Waals surface area contributed by atoms with E-state index in [0.29, 0.717) is 0 Å². The highest BCUT2D eigenvalue weighted by Gasteiger charge is 2.06. The predicted octanol–water partition coefficient (Wildman–Crippen LogP) is 1.90. The number of rotatable bonds is 2. The Morgan fingerprint density at radius 1 is 1.25 bits per heavy atom. The molecule has 1 unspecified atom stereocenters. The zero-order valence-corrected chi connectivity index (χ0v) is 9.81. The molecule has 1 aromatic carbocycles. The minimum absolute atomic E-state index is 0.0831. The van der Waals surface area contributed by atoms with Gasteiger partial charge >= 0.3 is 0 Å². The van der Waals surface area contributed by atoms with Crippen LogP contribution in [0.15, 0.2) is 24.4 Å². The molecule has 0 saturated heterocycles. The highest BCUT2D eigenvalue weighted by atomic mass is 15.4. The van der Waals surface area contributed by atoms with Crippen molar-refractivity contribution < 1.29 is 0 Å². The molecule has 0 aliphatic carbocycles. The summed E-state index contributed by atoms with van der Waals surface area (Å²) in [6, 6.07) is 6.12. The van der Waals surface area contributed by atoms with Crippen LogP contribution in [0.1, 0.15) is 29.8 Å². The van der Waals surface area contributed by atoms with Gasteiger partial charge < -0.3 is 5.73 Å². The first-order valence-corrected chi connectivity index (χ1v) is 5.33. The standard InChI is InChI=1S/C12H16N4/c1-8-4-5-11(6-9(8)2)16-7-12(10(3)13)14-15-16/h4-7,10H,13H2,1-3H3. The number of benzene rings is 1. The van der Waals surface area contributed by atoms with E-state index in [4.69, 9.17) is 5.73 Å². The Bertz CT molecular complexity index is 499. The van der Waals surface area contributed by atoms with Gasteiger partial charge in [0.1, 0.15) is 0 Å². The largest absolute Gasteiger partial charge is 0.323 e. The van der Waals surface area contributed by atoms with Gasteiger partial charge in [0.2, 0.25) is 0 Å². The smallest absolute Gasteiger partial charge is 0.0995 e. The molecule has 84 valence electrons. The van der Waals surface area contributed by atoms with Gasteiger partial charge in [-0.15, -0.1) is 5.10 Å². The number of nitrogens with zero attached hydrogens (tertiary/aromatic N) is 3. The lowest BCUT2D eigenvalue weighted by Gasteiger charge is -2.04. The summed E-state index contributed by atoms with van der Waals surface area (Å²) < 4.78 is 1.76. The molecule has 0 amide bonds. The average Bonchev–Trinajstić information content (AvgIpc) is 2.71. The zero-order chi connectivity index (χ0) is 11.7. The lowest BCUT2D eigenvalue weighted by molar-refractivity contribution is 0.756. The molecule has 2 N–H and O–H groups in total. The fourth-order valence-corrected chi connectivity index (χ4v) is 1.48. The van der Waals surface area contributed by atoms with E-state index in [2.05, 4.69) is 36.3 Å². The van der Waals surface area contributed by atoms with Gasteiger partial charge in [-0.3, -0.25) is 0 Å². The van der Waals surface area contributed by atoms with Gasteiger partial charge in [-0.05, 0) is 44.0 Å². The second kappa shape index (κ2) is 4.06. The second-order valence-corrected chi connectivity index (χ2v) is 4.15. The Balaban J connectivity index is 2.39. The van der Waals surface area contributed by atoms with Gasteiger partial charge in [-0.25, -0.2) is 4.68 Å². The van der Waals surface area contributed by atoms with Crippen LogP contribution >= 0.6 is 0 Å². The van der Waals surface area contributed by atoms with E-state index >= 15 is 0 Å². The highest BCUT2D eigenvalue weighted by molar-refractivity contribution is 5.38. The third-order valence-electron chi connectivity index (χ3n) is 2.73. The number of hydrogen-bond acceptors (Lipinski definition) is 3. The van der Waals surface area contributed by atoms with Gasteiger partial charge in [0, 0.05) is 6.04 Å². The number of aromatic nitrogens is 3. The van der Waals surface area contributed by atoms with Crippen molar-refractivity contribution in [2.45, 2.75) is 26.8 Å². The molecule has 16 heavy (non-hydrogen) atoms. The van der Waals surface area contributed by atoms with E-state index in [0.717, 1.165) is 11.4 Å². The first-order chi connectivity index (χ1) is 7.58. The molecular formula is C12H16N4. The van der Waals surface area contributed by atoms with Gasteiger partial charge in [0.25, 0.3) is 0 Å². The third kappa shape index (κ3) is 1.97. The maximum Gasteiger partial charge on any atom is 0.0995 e. The first-order valence-electron chi connectivity index (χ1n) is 5.33. The van der Waals surface area contributed by atoms with Crippen LogP contribution in [-0.2, 0) is 0 Å².